The minimum absolute atomic E-state index is 0.486. The Labute approximate surface area is 98.1 Å². The third kappa shape index (κ3) is 3.45. The van der Waals surface area contributed by atoms with E-state index in [1.165, 1.54) is 6.42 Å². The lowest BCUT2D eigenvalue weighted by molar-refractivity contribution is 0.604. The third-order valence-corrected chi connectivity index (χ3v) is 2.76. The van der Waals surface area contributed by atoms with Crippen molar-refractivity contribution in [3.05, 3.63) is 18.0 Å². The van der Waals surface area contributed by atoms with Crippen LogP contribution in [0.2, 0.25) is 0 Å². The molecule has 1 N–H and O–H groups in total. The number of hydrogen-bond donors (Lipinski definition) is 1. The van der Waals surface area contributed by atoms with Crippen LogP contribution in [0.15, 0.2) is 12.4 Å². The maximum absolute atomic E-state index is 4.38. The smallest absolute Gasteiger partial charge is 0.225 e. The van der Waals surface area contributed by atoms with Gasteiger partial charge in [-0.3, -0.25) is 0 Å². The van der Waals surface area contributed by atoms with Gasteiger partial charge in [0.05, 0.1) is 0 Å². The summed E-state index contributed by atoms with van der Waals surface area (Å²) in [6.45, 7) is 5.21. The molecule has 1 aromatic rings. The second kappa shape index (κ2) is 6.43. The van der Waals surface area contributed by atoms with Gasteiger partial charge < -0.3 is 10.2 Å². The summed E-state index contributed by atoms with van der Waals surface area (Å²) in [7, 11) is 3.97. The van der Waals surface area contributed by atoms with E-state index in [1.807, 2.05) is 26.5 Å². The maximum atomic E-state index is 4.38. The predicted molar refractivity (Wildman–Crippen MR) is 67.6 cm³/mol. The Bertz CT molecular complexity index is 296. The molecule has 0 saturated carbocycles. The van der Waals surface area contributed by atoms with Crippen LogP contribution in [0.3, 0.4) is 0 Å². The number of nitrogens with one attached hydrogen (secondary N) is 1. The molecular formula is C12H22N4. The molecule has 0 saturated heterocycles. The van der Waals surface area contributed by atoms with Crippen LogP contribution < -0.4 is 10.2 Å². The van der Waals surface area contributed by atoms with Crippen molar-refractivity contribution >= 4 is 5.95 Å². The van der Waals surface area contributed by atoms with Crippen LogP contribution in [-0.2, 0) is 6.54 Å². The largest absolute Gasteiger partial charge is 0.341 e. The van der Waals surface area contributed by atoms with Crippen LogP contribution >= 0.6 is 0 Å². The van der Waals surface area contributed by atoms with Crippen molar-refractivity contribution in [3.8, 4) is 0 Å². The molecule has 4 heteroatoms. The van der Waals surface area contributed by atoms with E-state index in [9.17, 15) is 0 Å². The molecule has 0 aliphatic heterocycles. The summed E-state index contributed by atoms with van der Waals surface area (Å²) in [4.78, 5) is 10.9. The van der Waals surface area contributed by atoms with Gasteiger partial charge in [0.15, 0.2) is 0 Å². The maximum Gasteiger partial charge on any atom is 0.225 e. The highest BCUT2D eigenvalue weighted by atomic mass is 15.2. The van der Waals surface area contributed by atoms with E-state index < -0.39 is 0 Å². The van der Waals surface area contributed by atoms with Crippen LogP contribution in [0.4, 0.5) is 5.95 Å². The Balaban J connectivity index is 2.65. The average molecular weight is 222 g/mol. The van der Waals surface area contributed by atoms with Crippen LogP contribution in [0.5, 0.6) is 0 Å². The first kappa shape index (κ1) is 12.9. The zero-order valence-electron chi connectivity index (χ0n) is 10.7. The highest BCUT2D eigenvalue weighted by Crippen LogP contribution is 2.11. The summed E-state index contributed by atoms with van der Waals surface area (Å²) in [5.41, 5.74) is 1.11. The van der Waals surface area contributed by atoms with Crippen LogP contribution in [0.1, 0.15) is 32.3 Å². The first-order valence-electron chi connectivity index (χ1n) is 5.87. The lowest BCUT2D eigenvalue weighted by Crippen LogP contribution is -2.30. The van der Waals surface area contributed by atoms with E-state index >= 15 is 0 Å². The van der Waals surface area contributed by atoms with Crippen molar-refractivity contribution in [2.75, 3.05) is 19.0 Å². The molecule has 1 aromatic heterocycles. The molecule has 0 aliphatic carbocycles. The third-order valence-electron chi connectivity index (χ3n) is 2.76. The van der Waals surface area contributed by atoms with Crippen molar-refractivity contribution in [1.29, 1.82) is 0 Å². The Morgan fingerprint density at radius 3 is 2.50 bits per heavy atom. The summed E-state index contributed by atoms with van der Waals surface area (Å²) in [6.07, 6.45) is 6.11. The van der Waals surface area contributed by atoms with Gasteiger partial charge in [0.25, 0.3) is 0 Å². The number of rotatable bonds is 6. The van der Waals surface area contributed by atoms with E-state index in [1.54, 1.807) is 0 Å². The molecule has 0 aromatic carbocycles. The minimum Gasteiger partial charge on any atom is -0.341 e. The fraction of sp³-hybridized carbons (Fsp3) is 0.667. The molecule has 0 fully saturated rings. The zero-order valence-corrected chi connectivity index (χ0v) is 10.7. The molecule has 0 bridgehead atoms. The molecule has 0 radical (unpaired) electrons. The van der Waals surface area contributed by atoms with E-state index in [2.05, 4.69) is 34.0 Å². The van der Waals surface area contributed by atoms with Gasteiger partial charge in [-0.05, 0) is 20.4 Å². The first-order valence-corrected chi connectivity index (χ1v) is 5.87. The van der Waals surface area contributed by atoms with E-state index in [4.69, 9.17) is 0 Å². The lowest BCUT2D eigenvalue weighted by Gasteiger charge is -2.24. The van der Waals surface area contributed by atoms with Gasteiger partial charge in [-0.25, -0.2) is 9.97 Å². The van der Waals surface area contributed by atoms with E-state index in [-0.39, 0.29) is 0 Å². The molecule has 90 valence electrons. The molecule has 4 nitrogen and oxygen atoms in total. The SMILES string of the molecule is CCCC(C)N(C)c1ncc(CNC)cn1. The monoisotopic (exact) mass is 222 g/mol. The zero-order chi connectivity index (χ0) is 12.0. The van der Waals surface area contributed by atoms with Gasteiger partial charge in [0.1, 0.15) is 0 Å². The van der Waals surface area contributed by atoms with E-state index in [0.29, 0.717) is 6.04 Å². The topological polar surface area (TPSA) is 41.1 Å². The molecule has 1 rings (SSSR count). The van der Waals surface area contributed by atoms with Crippen molar-refractivity contribution in [2.45, 2.75) is 39.3 Å². The van der Waals surface area contributed by atoms with Gasteiger partial charge in [-0.1, -0.05) is 13.3 Å². The molecule has 1 unspecified atom stereocenters. The molecule has 1 atom stereocenters. The molecule has 16 heavy (non-hydrogen) atoms. The van der Waals surface area contributed by atoms with E-state index in [0.717, 1.165) is 24.5 Å². The summed E-state index contributed by atoms with van der Waals surface area (Å²) in [5.74, 6) is 0.806. The highest BCUT2D eigenvalue weighted by molar-refractivity contribution is 5.29. The fourth-order valence-electron chi connectivity index (χ4n) is 1.63. The second-order valence-electron chi connectivity index (χ2n) is 4.17. The van der Waals surface area contributed by atoms with Crippen LogP contribution in [-0.4, -0.2) is 30.1 Å². The molecule has 0 amide bonds. The van der Waals surface area contributed by atoms with Gasteiger partial charge in [0.2, 0.25) is 5.95 Å². The summed E-state index contributed by atoms with van der Waals surface area (Å²) >= 11 is 0. The van der Waals surface area contributed by atoms with Crippen molar-refractivity contribution in [2.24, 2.45) is 0 Å². The van der Waals surface area contributed by atoms with Crippen LogP contribution in [0, 0.1) is 0 Å². The van der Waals surface area contributed by atoms with Gasteiger partial charge in [0, 0.05) is 37.6 Å². The number of aromatic nitrogens is 2. The quantitative estimate of drug-likeness (QED) is 0.797. The number of anilines is 1. The normalized spacial score (nSPS) is 12.5. The number of nitrogens with zero attached hydrogens (tertiary/aromatic N) is 3. The van der Waals surface area contributed by atoms with Gasteiger partial charge in [-0.15, -0.1) is 0 Å². The highest BCUT2D eigenvalue weighted by Gasteiger charge is 2.10. The number of hydrogen-bond acceptors (Lipinski definition) is 4. The summed E-state index contributed by atoms with van der Waals surface area (Å²) in [6, 6.07) is 0.486. The Hall–Kier alpha value is -1.16. The van der Waals surface area contributed by atoms with Crippen molar-refractivity contribution < 1.29 is 0 Å². The first-order chi connectivity index (χ1) is 7.69. The molecule has 0 aliphatic rings. The molecular weight excluding hydrogens is 200 g/mol. The van der Waals surface area contributed by atoms with Gasteiger partial charge in [-0.2, -0.15) is 0 Å². The minimum atomic E-state index is 0.486. The average Bonchev–Trinajstić information content (AvgIpc) is 2.30. The summed E-state index contributed by atoms with van der Waals surface area (Å²) in [5, 5.41) is 3.08. The lowest BCUT2D eigenvalue weighted by atomic mass is 10.2. The standard InChI is InChI=1S/C12H22N4/c1-5-6-10(2)16(4)12-14-8-11(7-13-3)9-15-12/h8-10,13H,5-7H2,1-4H3. The Morgan fingerprint density at radius 2 is 2.00 bits per heavy atom. The summed E-state index contributed by atoms with van der Waals surface area (Å²) < 4.78 is 0. The molecule has 0 spiro atoms. The predicted octanol–water partition coefficient (Wildman–Crippen LogP) is 1.82. The van der Waals surface area contributed by atoms with Crippen molar-refractivity contribution in [1.82, 2.24) is 15.3 Å². The Morgan fingerprint density at radius 1 is 1.38 bits per heavy atom. The Kier molecular flexibility index (Phi) is 5.19. The van der Waals surface area contributed by atoms with Gasteiger partial charge >= 0.3 is 0 Å². The molecule has 1 heterocycles. The van der Waals surface area contributed by atoms with Crippen molar-refractivity contribution in [3.63, 3.8) is 0 Å². The fourth-order valence-corrected chi connectivity index (χ4v) is 1.63. The second-order valence-corrected chi connectivity index (χ2v) is 4.17. The van der Waals surface area contributed by atoms with Crippen LogP contribution in [0.25, 0.3) is 0 Å².